The van der Waals surface area contributed by atoms with Crippen molar-refractivity contribution in [3.05, 3.63) is 52.0 Å². The molecular formula is C15H12ClNS. The largest absolute Gasteiger partial charge is 0.255 e. The highest BCUT2D eigenvalue weighted by atomic mass is 35.5. The van der Waals surface area contributed by atoms with E-state index in [0.29, 0.717) is 0 Å². The second kappa shape index (κ2) is 4.38. The molecule has 0 bridgehead atoms. The Kier molecular flexibility index (Phi) is 2.84. The standard InChI is InChI=1S/C15H12ClNS/c1-9-3-4-11-7-12(8-17-15(11)10(9)2)13-5-6-14(16)18-13/h3-8H,1-2H3. The first kappa shape index (κ1) is 11.7. The first-order chi connectivity index (χ1) is 8.65. The van der Waals surface area contributed by atoms with Crippen LogP contribution in [0.3, 0.4) is 0 Å². The van der Waals surface area contributed by atoms with Crippen molar-refractivity contribution >= 4 is 33.8 Å². The summed E-state index contributed by atoms with van der Waals surface area (Å²) in [7, 11) is 0. The lowest BCUT2D eigenvalue weighted by molar-refractivity contribution is 1.31. The third-order valence-electron chi connectivity index (χ3n) is 3.23. The van der Waals surface area contributed by atoms with Gasteiger partial charge in [0, 0.05) is 22.0 Å². The zero-order valence-corrected chi connectivity index (χ0v) is 11.8. The second-order valence-electron chi connectivity index (χ2n) is 4.41. The second-order valence-corrected chi connectivity index (χ2v) is 6.12. The summed E-state index contributed by atoms with van der Waals surface area (Å²) in [4.78, 5) is 5.75. The summed E-state index contributed by atoms with van der Waals surface area (Å²) in [6.07, 6.45) is 1.93. The van der Waals surface area contributed by atoms with E-state index in [2.05, 4.69) is 37.0 Å². The predicted molar refractivity (Wildman–Crippen MR) is 79.5 cm³/mol. The van der Waals surface area contributed by atoms with Crippen LogP contribution in [-0.2, 0) is 0 Å². The molecule has 0 aliphatic carbocycles. The van der Waals surface area contributed by atoms with Gasteiger partial charge >= 0.3 is 0 Å². The highest BCUT2D eigenvalue weighted by molar-refractivity contribution is 7.19. The number of halogens is 1. The fourth-order valence-corrected chi connectivity index (χ4v) is 3.08. The number of nitrogens with zero attached hydrogens (tertiary/aromatic N) is 1. The van der Waals surface area contributed by atoms with Gasteiger partial charge in [-0.25, -0.2) is 0 Å². The number of aryl methyl sites for hydroxylation is 2. The minimum absolute atomic E-state index is 0.810. The number of thiophene rings is 1. The normalized spacial score (nSPS) is 11.1. The van der Waals surface area contributed by atoms with Gasteiger partial charge in [-0.05, 0) is 43.2 Å². The smallest absolute Gasteiger partial charge is 0.0934 e. The third kappa shape index (κ3) is 1.92. The van der Waals surface area contributed by atoms with Crippen LogP contribution in [0.15, 0.2) is 36.5 Å². The average molecular weight is 274 g/mol. The molecule has 0 spiro atoms. The number of aromatic nitrogens is 1. The molecule has 0 unspecified atom stereocenters. The first-order valence-electron chi connectivity index (χ1n) is 5.77. The van der Waals surface area contributed by atoms with E-state index in [1.54, 1.807) is 11.3 Å². The third-order valence-corrected chi connectivity index (χ3v) is 4.51. The Balaban J connectivity index is 2.20. The van der Waals surface area contributed by atoms with Gasteiger partial charge in [0.05, 0.1) is 9.85 Å². The van der Waals surface area contributed by atoms with Crippen molar-refractivity contribution in [1.29, 1.82) is 0 Å². The van der Waals surface area contributed by atoms with Crippen LogP contribution < -0.4 is 0 Å². The van der Waals surface area contributed by atoms with Crippen LogP contribution in [0.5, 0.6) is 0 Å². The summed E-state index contributed by atoms with van der Waals surface area (Å²) < 4.78 is 0.810. The zero-order valence-electron chi connectivity index (χ0n) is 10.2. The van der Waals surface area contributed by atoms with Gasteiger partial charge in [0.1, 0.15) is 0 Å². The van der Waals surface area contributed by atoms with E-state index in [1.165, 1.54) is 16.5 Å². The van der Waals surface area contributed by atoms with E-state index in [1.807, 2.05) is 18.3 Å². The SMILES string of the molecule is Cc1ccc2cc(-c3ccc(Cl)s3)cnc2c1C. The molecule has 0 aliphatic heterocycles. The molecule has 0 saturated carbocycles. The molecule has 3 rings (SSSR count). The first-order valence-corrected chi connectivity index (χ1v) is 6.96. The van der Waals surface area contributed by atoms with Crippen molar-refractivity contribution in [2.24, 2.45) is 0 Å². The molecule has 0 amide bonds. The Labute approximate surface area is 115 Å². The minimum atomic E-state index is 0.810. The Morgan fingerprint density at radius 1 is 1.11 bits per heavy atom. The van der Waals surface area contributed by atoms with E-state index in [4.69, 9.17) is 11.6 Å². The molecule has 90 valence electrons. The van der Waals surface area contributed by atoms with Gasteiger partial charge in [0.2, 0.25) is 0 Å². The summed E-state index contributed by atoms with van der Waals surface area (Å²) in [5, 5.41) is 1.18. The van der Waals surface area contributed by atoms with Crippen LogP contribution >= 0.6 is 22.9 Å². The van der Waals surface area contributed by atoms with Gasteiger partial charge in [0.15, 0.2) is 0 Å². The summed E-state index contributed by atoms with van der Waals surface area (Å²) in [6, 6.07) is 10.4. The van der Waals surface area contributed by atoms with E-state index >= 15 is 0 Å². The molecule has 0 aliphatic rings. The van der Waals surface area contributed by atoms with Crippen LogP contribution in [0.2, 0.25) is 4.34 Å². The topological polar surface area (TPSA) is 12.9 Å². The van der Waals surface area contributed by atoms with Gasteiger partial charge < -0.3 is 0 Å². The molecule has 0 N–H and O–H groups in total. The molecule has 0 saturated heterocycles. The van der Waals surface area contributed by atoms with Gasteiger partial charge in [-0.2, -0.15) is 0 Å². The van der Waals surface area contributed by atoms with Crippen LogP contribution in [0.1, 0.15) is 11.1 Å². The summed E-state index contributed by atoms with van der Waals surface area (Å²) in [5.41, 5.74) is 4.74. The van der Waals surface area contributed by atoms with Gasteiger partial charge in [0.25, 0.3) is 0 Å². The van der Waals surface area contributed by atoms with E-state index in [9.17, 15) is 0 Å². The quantitative estimate of drug-likeness (QED) is 0.591. The molecule has 18 heavy (non-hydrogen) atoms. The van der Waals surface area contributed by atoms with E-state index in [0.717, 1.165) is 20.3 Å². The number of hydrogen-bond donors (Lipinski definition) is 0. The molecule has 2 heterocycles. The van der Waals surface area contributed by atoms with Gasteiger partial charge in [-0.15, -0.1) is 11.3 Å². The molecule has 1 nitrogen and oxygen atoms in total. The Hall–Kier alpha value is -1.38. The summed E-state index contributed by atoms with van der Waals surface area (Å²) in [5.74, 6) is 0. The van der Waals surface area contributed by atoms with E-state index in [-0.39, 0.29) is 0 Å². The highest BCUT2D eigenvalue weighted by Gasteiger charge is 2.06. The highest BCUT2D eigenvalue weighted by Crippen LogP contribution is 2.32. The number of benzene rings is 1. The van der Waals surface area contributed by atoms with Crippen LogP contribution in [0.25, 0.3) is 21.3 Å². The molecule has 2 aromatic heterocycles. The lowest BCUT2D eigenvalue weighted by Crippen LogP contribution is -1.87. The molecule has 3 heteroatoms. The van der Waals surface area contributed by atoms with Crippen molar-refractivity contribution in [2.75, 3.05) is 0 Å². The average Bonchev–Trinajstić information content (AvgIpc) is 2.80. The maximum absolute atomic E-state index is 5.97. The fraction of sp³-hybridized carbons (Fsp3) is 0.133. The van der Waals surface area contributed by atoms with Crippen molar-refractivity contribution in [2.45, 2.75) is 13.8 Å². The Bertz CT molecular complexity index is 730. The monoisotopic (exact) mass is 273 g/mol. The lowest BCUT2D eigenvalue weighted by Gasteiger charge is -2.06. The van der Waals surface area contributed by atoms with Crippen molar-refractivity contribution < 1.29 is 0 Å². The number of pyridine rings is 1. The van der Waals surface area contributed by atoms with Gasteiger partial charge in [-0.3, -0.25) is 4.98 Å². The van der Waals surface area contributed by atoms with E-state index < -0.39 is 0 Å². The van der Waals surface area contributed by atoms with Crippen molar-refractivity contribution in [1.82, 2.24) is 4.98 Å². The molecule has 3 aromatic rings. The Morgan fingerprint density at radius 2 is 1.94 bits per heavy atom. The number of fused-ring (bicyclic) bond motifs is 1. The van der Waals surface area contributed by atoms with Crippen LogP contribution in [0.4, 0.5) is 0 Å². The fourth-order valence-electron chi connectivity index (χ4n) is 2.05. The summed E-state index contributed by atoms with van der Waals surface area (Å²) in [6.45, 7) is 4.23. The van der Waals surface area contributed by atoms with Gasteiger partial charge in [-0.1, -0.05) is 23.7 Å². The van der Waals surface area contributed by atoms with Crippen LogP contribution in [0, 0.1) is 13.8 Å². The zero-order chi connectivity index (χ0) is 12.7. The van der Waals surface area contributed by atoms with Crippen molar-refractivity contribution in [3.8, 4) is 10.4 Å². The number of rotatable bonds is 1. The van der Waals surface area contributed by atoms with Crippen LogP contribution in [-0.4, -0.2) is 4.98 Å². The lowest BCUT2D eigenvalue weighted by atomic mass is 10.0. The predicted octanol–water partition coefficient (Wildman–Crippen LogP) is 5.23. The molecule has 0 fully saturated rings. The minimum Gasteiger partial charge on any atom is -0.255 e. The Morgan fingerprint density at radius 3 is 2.67 bits per heavy atom. The molecule has 0 radical (unpaired) electrons. The van der Waals surface area contributed by atoms with Crippen molar-refractivity contribution in [3.63, 3.8) is 0 Å². The maximum Gasteiger partial charge on any atom is 0.0934 e. The maximum atomic E-state index is 5.97. The summed E-state index contributed by atoms with van der Waals surface area (Å²) >= 11 is 7.55. The molecule has 1 aromatic carbocycles. The molecule has 0 atom stereocenters. The number of hydrogen-bond acceptors (Lipinski definition) is 2. The molecular weight excluding hydrogens is 262 g/mol.